The smallest absolute Gasteiger partial charge is 0.473 e. The SMILES string of the molecule is C[C@H](OP(=O)(O)OC[C@@H](O)[C@@H](O)[C@@H](O)CN1c2cc(O)ccc2Cc2c1[nH]c(=O)[nH]c2=O)C(=O)O. The van der Waals surface area contributed by atoms with E-state index in [4.69, 9.17) is 5.11 Å². The lowest BCUT2D eigenvalue weighted by atomic mass is 9.97. The van der Waals surface area contributed by atoms with Gasteiger partial charge in [0.2, 0.25) is 0 Å². The second-order valence-electron chi connectivity index (χ2n) is 7.81. The summed E-state index contributed by atoms with van der Waals surface area (Å²) in [5.41, 5.74) is -0.486. The number of phosphoric ester groups is 1. The minimum absolute atomic E-state index is 0.00440. The maximum absolute atomic E-state index is 12.3. The van der Waals surface area contributed by atoms with Gasteiger partial charge in [0, 0.05) is 18.2 Å². The number of aromatic amines is 2. The van der Waals surface area contributed by atoms with Crippen molar-refractivity contribution in [2.75, 3.05) is 18.1 Å². The lowest BCUT2D eigenvalue weighted by molar-refractivity contribution is -0.145. The molecule has 2 heterocycles. The van der Waals surface area contributed by atoms with Crippen molar-refractivity contribution >= 4 is 25.3 Å². The number of anilines is 2. The molecule has 8 N–H and O–H groups in total. The molecule has 1 aliphatic heterocycles. The van der Waals surface area contributed by atoms with Crippen LogP contribution in [0.25, 0.3) is 0 Å². The maximum atomic E-state index is 12.3. The Hall–Kier alpha value is -3.04. The second kappa shape index (κ2) is 10.3. The number of benzene rings is 1. The normalized spacial score (nSPS) is 18.0. The summed E-state index contributed by atoms with van der Waals surface area (Å²) in [6, 6.07) is 4.24. The van der Waals surface area contributed by atoms with Crippen LogP contribution in [0.15, 0.2) is 27.8 Å². The van der Waals surface area contributed by atoms with E-state index in [0.29, 0.717) is 11.3 Å². The van der Waals surface area contributed by atoms with Gasteiger partial charge < -0.3 is 35.3 Å². The molecule has 0 saturated heterocycles. The molecule has 1 aliphatic rings. The molecule has 1 aromatic carbocycles. The van der Waals surface area contributed by atoms with Crippen LogP contribution in [-0.2, 0) is 24.8 Å². The zero-order chi connectivity index (χ0) is 26.1. The van der Waals surface area contributed by atoms with E-state index in [2.05, 4.69) is 19.0 Å². The summed E-state index contributed by atoms with van der Waals surface area (Å²) in [4.78, 5) is 50.3. The number of fused-ring (bicyclic) bond motifs is 2. The quantitative estimate of drug-likeness (QED) is 0.168. The number of phosphoric acid groups is 1. The molecule has 0 aliphatic carbocycles. The predicted molar refractivity (Wildman–Crippen MR) is 118 cm³/mol. The van der Waals surface area contributed by atoms with Crippen LogP contribution in [0.1, 0.15) is 18.1 Å². The molecule has 16 heteroatoms. The van der Waals surface area contributed by atoms with Gasteiger partial charge in [-0.1, -0.05) is 6.07 Å². The fraction of sp³-hybridized carbons (Fsp3) is 0.421. The highest BCUT2D eigenvalue weighted by atomic mass is 31.2. The summed E-state index contributed by atoms with van der Waals surface area (Å²) >= 11 is 0. The van der Waals surface area contributed by atoms with Gasteiger partial charge in [0.05, 0.1) is 18.7 Å². The van der Waals surface area contributed by atoms with Gasteiger partial charge in [0.25, 0.3) is 5.56 Å². The maximum Gasteiger partial charge on any atom is 0.473 e. The summed E-state index contributed by atoms with van der Waals surface area (Å²) < 4.78 is 20.7. The van der Waals surface area contributed by atoms with Crippen LogP contribution in [-0.4, -0.2) is 83.9 Å². The average Bonchev–Trinajstić information content (AvgIpc) is 2.77. The number of aliphatic carboxylic acids is 1. The van der Waals surface area contributed by atoms with Gasteiger partial charge in [-0.3, -0.25) is 23.8 Å². The number of nitrogens with one attached hydrogen (secondary N) is 2. The topological polar surface area (TPSA) is 243 Å². The number of β-amino-alcohol motifs (C(OH)–C–C–N with tert-alkyl or cyclic N) is 1. The first kappa shape index (κ1) is 26.6. The van der Waals surface area contributed by atoms with Crippen LogP contribution in [0.5, 0.6) is 5.75 Å². The predicted octanol–water partition coefficient (Wildman–Crippen LogP) is -1.50. The van der Waals surface area contributed by atoms with Crippen molar-refractivity contribution in [3.05, 3.63) is 50.2 Å². The van der Waals surface area contributed by atoms with Crippen molar-refractivity contribution in [2.45, 2.75) is 37.8 Å². The van der Waals surface area contributed by atoms with E-state index in [9.17, 15) is 44.3 Å². The van der Waals surface area contributed by atoms with E-state index >= 15 is 0 Å². The molecule has 192 valence electrons. The molecule has 0 radical (unpaired) electrons. The molecule has 15 nitrogen and oxygen atoms in total. The molecule has 3 rings (SSSR count). The van der Waals surface area contributed by atoms with Crippen LogP contribution < -0.4 is 16.1 Å². The van der Waals surface area contributed by atoms with Crippen molar-refractivity contribution in [2.24, 2.45) is 0 Å². The van der Waals surface area contributed by atoms with Crippen molar-refractivity contribution < 1.29 is 48.8 Å². The number of carboxylic acid groups (broad SMARTS) is 1. The van der Waals surface area contributed by atoms with Gasteiger partial charge in [-0.2, -0.15) is 0 Å². The lowest BCUT2D eigenvalue weighted by Crippen LogP contribution is -2.47. The molecule has 2 aromatic rings. The number of H-pyrrole nitrogens is 2. The summed E-state index contributed by atoms with van der Waals surface area (Å²) in [5, 5.41) is 49.7. The zero-order valence-electron chi connectivity index (χ0n) is 18.2. The minimum atomic E-state index is -4.91. The number of hydrogen-bond acceptors (Lipinski definition) is 11. The highest BCUT2D eigenvalue weighted by Gasteiger charge is 2.34. The Morgan fingerprint density at radius 2 is 1.89 bits per heavy atom. The fourth-order valence-corrected chi connectivity index (χ4v) is 4.34. The Balaban J connectivity index is 1.78. The Kier molecular flexibility index (Phi) is 7.81. The highest BCUT2D eigenvalue weighted by Crippen LogP contribution is 2.44. The van der Waals surface area contributed by atoms with Crippen molar-refractivity contribution in [3.8, 4) is 5.75 Å². The third-order valence-corrected chi connectivity index (χ3v) is 6.28. The molecular formula is C19H24N3O12P. The second-order valence-corrected chi connectivity index (χ2v) is 9.22. The molecule has 0 spiro atoms. The van der Waals surface area contributed by atoms with E-state index in [-0.39, 0.29) is 23.6 Å². The Morgan fingerprint density at radius 3 is 2.54 bits per heavy atom. The first-order valence-electron chi connectivity index (χ1n) is 10.2. The number of aliphatic hydroxyl groups excluding tert-OH is 3. The summed E-state index contributed by atoms with van der Waals surface area (Å²) in [6.07, 6.45) is -7.26. The van der Waals surface area contributed by atoms with E-state index in [0.717, 1.165) is 6.92 Å². The zero-order valence-corrected chi connectivity index (χ0v) is 19.1. The first-order valence-corrected chi connectivity index (χ1v) is 11.7. The van der Waals surface area contributed by atoms with Crippen molar-refractivity contribution in [3.63, 3.8) is 0 Å². The highest BCUT2D eigenvalue weighted by molar-refractivity contribution is 7.47. The minimum Gasteiger partial charge on any atom is -0.508 e. The number of phenols is 1. The van der Waals surface area contributed by atoms with Gasteiger partial charge >= 0.3 is 19.5 Å². The standard InChI is InChI=1S/C19H24N3O12P/c1-8(18(28)29)34-35(31,32)33-7-14(25)15(26)13(24)6-22-12-5-10(23)3-2-9(12)4-11-16(22)20-19(30)21-17(11)27/h2-3,5,8,13-15,23-26H,4,6-7H2,1H3,(H,28,29)(H,31,32)(H2,20,21,27,30)/t8-,13-,14+,15-/m0/s1. The molecule has 0 fully saturated rings. The van der Waals surface area contributed by atoms with Crippen molar-refractivity contribution in [1.82, 2.24) is 9.97 Å². The largest absolute Gasteiger partial charge is 0.508 e. The number of phenolic OH excluding ortho intramolecular Hbond substituents is 1. The summed E-state index contributed by atoms with van der Waals surface area (Å²) in [6.45, 7) is -0.529. The lowest BCUT2D eigenvalue weighted by Gasteiger charge is -2.35. The van der Waals surface area contributed by atoms with Gasteiger partial charge in [0.15, 0.2) is 6.10 Å². The third-order valence-electron chi connectivity index (χ3n) is 5.22. The average molecular weight is 517 g/mol. The molecule has 1 unspecified atom stereocenters. The molecule has 0 amide bonds. The first-order chi connectivity index (χ1) is 16.3. The molecule has 1 aromatic heterocycles. The Bertz CT molecular complexity index is 1260. The van der Waals surface area contributed by atoms with E-state index in [1.807, 2.05) is 0 Å². The number of carboxylic acids is 1. The number of aliphatic hydroxyl groups is 3. The third kappa shape index (κ3) is 6.15. The van der Waals surface area contributed by atoms with Crippen LogP contribution in [0.2, 0.25) is 0 Å². The van der Waals surface area contributed by atoms with Crippen LogP contribution >= 0.6 is 7.82 Å². The van der Waals surface area contributed by atoms with Gasteiger partial charge in [-0.25, -0.2) is 14.2 Å². The Labute approximate surface area is 196 Å². The van der Waals surface area contributed by atoms with Gasteiger partial charge in [-0.15, -0.1) is 0 Å². The molecule has 5 atom stereocenters. The molecular weight excluding hydrogens is 493 g/mol. The van der Waals surface area contributed by atoms with Crippen LogP contribution in [0, 0.1) is 0 Å². The summed E-state index contributed by atoms with van der Waals surface area (Å²) in [7, 11) is -4.91. The molecule has 35 heavy (non-hydrogen) atoms. The van der Waals surface area contributed by atoms with Crippen LogP contribution in [0.4, 0.5) is 11.5 Å². The number of aromatic hydroxyl groups is 1. The number of nitrogens with zero attached hydrogens (tertiary/aromatic N) is 1. The molecule has 0 saturated carbocycles. The van der Waals surface area contributed by atoms with Gasteiger partial charge in [0.1, 0.15) is 29.9 Å². The summed E-state index contributed by atoms with van der Waals surface area (Å²) in [5.74, 6) is -1.68. The van der Waals surface area contributed by atoms with Crippen molar-refractivity contribution in [1.29, 1.82) is 0 Å². The number of carbonyl (C=O) groups is 1. The van der Waals surface area contributed by atoms with E-state index in [1.54, 1.807) is 0 Å². The van der Waals surface area contributed by atoms with E-state index in [1.165, 1.54) is 23.1 Å². The van der Waals surface area contributed by atoms with E-state index < -0.39 is 62.6 Å². The number of aromatic nitrogens is 2. The monoisotopic (exact) mass is 517 g/mol. The van der Waals surface area contributed by atoms with Crippen LogP contribution in [0.3, 0.4) is 0 Å². The fourth-order valence-electron chi connectivity index (χ4n) is 3.44. The number of hydrogen-bond donors (Lipinski definition) is 8. The van der Waals surface area contributed by atoms with Gasteiger partial charge in [-0.05, 0) is 18.6 Å². The Morgan fingerprint density at radius 1 is 1.20 bits per heavy atom. The molecule has 0 bridgehead atoms. The number of rotatable bonds is 10.